The van der Waals surface area contributed by atoms with Gasteiger partial charge in [-0.05, 0) is 37.8 Å². The van der Waals surface area contributed by atoms with E-state index in [0.717, 1.165) is 0 Å². The highest BCUT2D eigenvalue weighted by molar-refractivity contribution is 6.70. The fourth-order valence-electron chi connectivity index (χ4n) is 1.33. The first-order valence-electron chi connectivity index (χ1n) is 5.33. The number of ether oxygens (including phenoxy) is 2. The van der Waals surface area contributed by atoms with Crippen molar-refractivity contribution in [2.45, 2.75) is 19.6 Å². The van der Waals surface area contributed by atoms with Gasteiger partial charge in [0, 0.05) is 0 Å². The first kappa shape index (κ1) is 13.6. The van der Waals surface area contributed by atoms with E-state index in [0.29, 0.717) is 17.1 Å². The second kappa shape index (κ2) is 5.22. The average Bonchev–Trinajstić information content (AvgIpc) is 2.26. The lowest BCUT2D eigenvalue weighted by molar-refractivity contribution is 0.0600. The Morgan fingerprint density at radius 3 is 2.24 bits per heavy atom. The topological polar surface area (TPSA) is 44.8 Å². The van der Waals surface area contributed by atoms with Crippen LogP contribution in [0.1, 0.15) is 10.4 Å². The van der Waals surface area contributed by atoms with E-state index >= 15 is 0 Å². The number of carbonyl (C=O) groups excluding carboxylic acids is 1. The summed E-state index contributed by atoms with van der Waals surface area (Å²) >= 11 is 0. The van der Waals surface area contributed by atoms with Gasteiger partial charge in [0.15, 0.2) is 5.75 Å². The lowest BCUT2D eigenvalue weighted by Crippen LogP contribution is -2.29. The molecule has 0 bridgehead atoms. The van der Waals surface area contributed by atoms with Gasteiger partial charge in [0.2, 0.25) is 8.32 Å². The summed E-state index contributed by atoms with van der Waals surface area (Å²) in [4.78, 5) is 11.4. The summed E-state index contributed by atoms with van der Waals surface area (Å²) in [5.74, 6) is 0.831. The summed E-state index contributed by atoms with van der Waals surface area (Å²) in [6, 6.07) is 5.04. The molecule has 0 aromatic heterocycles. The van der Waals surface area contributed by atoms with E-state index in [1.807, 2.05) is 0 Å². The van der Waals surface area contributed by atoms with Gasteiger partial charge in [0.05, 0.1) is 19.8 Å². The molecule has 0 aliphatic carbocycles. The Balaban J connectivity index is 3.05. The lowest BCUT2D eigenvalue weighted by atomic mass is 10.2. The van der Waals surface area contributed by atoms with Gasteiger partial charge >= 0.3 is 5.97 Å². The van der Waals surface area contributed by atoms with Crippen molar-refractivity contribution in [2.24, 2.45) is 0 Å². The van der Waals surface area contributed by atoms with Crippen LogP contribution in [0.4, 0.5) is 0 Å². The maximum absolute atomic E-state index is 11.4. The van der Waals surface area contributed by atoms with E-state index in [2.05, 4.69) is 24.4 Å². The molecule has 1 aromatic carbocycles. The van der Waals surface area contributed by atoms with Gasteiger partial charge in [-0.1, -0.05) is 0 Å². The third kappa shape index (κ3) is 3.78. The largest absolute Gasteiger partial charge is 0.542 e. The third-order valence-electron chi connectivity index (χ3n) is 2.00. The molecule has 4 nitrogen and oxygen atoms in total. The van der Waals surface area contributed by atoms with E-state index in [9.17, 15) is 4.79 Å². The minimum absolute atomic E-state index is 0.386. The molecule has 94 valence electrons. The summed E-state index contributed by atoms with van der Waals surface area (Å²) in [6.07, 6.45) is 0. The molecule has 0 unspecified atom stereocenters. The van der Waals surface area contributed by atoms with E-state index in [-0.39, 0.29) is 5.97 Å². The molecular weight excluding hydrogens is 236 g/mol. The quantitative estimate of drug-likeness (QED) is 0.612. The van der Waals surface area contributed by atoms with Crippen molar-refractivity contribution in [3.8, 4) is 11.5 Å². The number of hydrogen-bond donors (Lipinski definition) is 0. The molecule has 0 aliphatic heterocycles. The number of carbonyl (C=O) groups is 1. The minimum Gasteiger partial charge on any atom is -0.542 e. The number of benzene rings is 1. The fraction of sp³-hybridized carbons (Fsp3) is 0.417. The van der Waals surface area contributed by atoms with Gasteiger partial charge in [0.1, 0.15) is 5.75 Å². The molecule has 0 amide bonds. The van der Waals surface area contributed by atoms with Gasteiger partial charge in [-0.3, -0.25) is 0 Å². The van der Waals surface area contributed by atoms with Crippen molar-refractivity contribution < 1.29 is 18.7 Å². The molecular formula is C12H18O4Si. The second-order valence-corrected chi connectivity index (χ2v) is 9.00. The molecule has 0 aliphatic rings. The predicted octanol–water partition coefficient (Wildman–Crippen LogP) is 2.70. The monoisotopic (exact) mass is 254 g/mol. The number of rotatable bonds is 4. The van der Waals surface area contributed by atoms with Crippen molar-refractivity contribution in [1.29, 1.82) is 0 Å². The normalized spacial score (nSPS) is 10.9. The van der Waals surface area contributed by atoms with Gasteiger partial charge in [-0.15, -0.1) is 0 Å². The average molecular weight is 254 g/mol. The zero-order chi connectivity index (χ0) is 13.1. The summed E-state index contributed by atoms with van der Waals surface area (Å²) in [6.45, 7) is 6.25. The molecule has 1 rings (SSSR count). The Hall–Kier alpha value is -1.49. The fourth-order valence-corrected chi connectivity index (χ4v) is 2.15. The van der Waals surface area contributed by atoms with E-state index in [1.54, 1.807) is 25.3 Å². The molecule has 5 heteroatoms. The highest BCUT2D eigenvalue weighted by Gasteiger charge is 2.19. The van der Waals surface area contributed by atoms with E-state index in [4.69, 9.17) is 9.16 Å². The Morgan fingerprint density at radius 1 is 1.12 bits per heavy atom. The standard InChI is InChI=1S/C12H18O4Si/c1-14-11-8-9(12(13)15-2)6-7-10(11)16-17(3,4)5/h6-8H,1-5H3. The van der Waals surface area contributed by atoms with Crippen LogP contribution in [-0.2, 0) is 4.74 Å². The third-order valence-corrected chi connectivity index (χ3v) is 2.83. The Morgan fingerprint density at radius 2 is 1.76 bits per heavy atom. The molecule has 1 aromatic rings. The SMILES string of the molecule is COC(=O)c1ccc(O[Si](C)(C)C)c(OC)c1. The lowest BCUT2D eigenvalue weighted by Gasteiger charge is -2.21. The van der Waals surface area contributed by atoms with Gasteiger partial charge in [-0.2, -0.15) is 0 Å². The van der Waals surface area contributed by atoms with Crippen molar-refractivity contribution >= 4 is 14.3 Å². The van der Waals surface area contributed by atoms with Gasteiger partial charge in [0.25, 0.3) is 0 Å². The van der Waals surface area contributed by atoms with Crippen molar-refractivity contribution in [1.82, 2.24) is 0 Å². The number of methoxy groups -OCH3 is 2. The molecule has 0 atom stereocenters. The highest BCUT2D eigenvalue weighted by Crippen LogP contribution is 2.30. The molecule has 0 N–H and O–H groups in total. The number of esters is 1. The van der Waals surface area contributed by atoms with E-state index in [1.165, 1.54) is 7.11 Å². The van der Waals surface area contributed by atoms with Crippen LogP contribution in [0.5, 0.6) is 11.5 Å². The summed E-state index contributed by atoms with van der Waals surface area (Å²) in [7, 11) is 1.20. The Bertz CT molecular complexity index is 409. The van der Waals surface area contributed by atoms with Crippen LogP contribution in [-0.4, -0.2) is 28.5 Å². The molecule has 0 saturated heterocycles. The van der Waals surface area contributed by atoms with Crippen molar-refractivity contribution in [2.75, 3.05) is 14.2 Å². The van der Waals surface area contributed by atoms with Crippen LogP contribution in [0.15, 0.2) is 18.2 Å². The van der Waals surface area contributed by atoms with E-state index < -0.39 is 8.32 Å². The molecule has 0 fully saturated rings. The summed E-state index contributed by atoms with van der Waals surface area (Å²) in [5, 5.41) is 0. The van der Waals surface area contributed by atoms with Crippen molar-refractivity contribution in [3.05, 3.63) is 23.8 Å². The Labute approximate surface area is 103 Å². The smallest absolute Gasteiger partial charge is 0.337 e. The number of hydrogen-bond acceptors (Lipinski definition) is 4. The van der Waals surface area contributed by atoms with Gasteiger partial charge in [-0.25, -0.2) is 4.79 Å². The van der Waals surface area contributed by atoms with Gasteiger partial charge < -0.3 is 13.9 Å². The van der Waals surface area contributed by atoms with Crippen LogP contribution in [0.25, 0.3) is 0 Å². The van der Waals surface area contributed by atoms with Crippen LogP contribution in [0.2, 0.25) is 19.6 Å². The minimum atomic E-state index is -1.69. The molecule has 0 heterocycles. The van der Waals surface area contributed by atoms with Crippen molar-refractivity contribution in [3.63, 3.8) is 0 Å². The second-order valence-electron chi connectivity index (χ2n) is 4.57. The predicted molar refractivity (Wildman–Crippen MR) is 68.3 cm³/mol. The van der Waals surface area contributed by atoms with Crippen LogP contribution >= 0.6 is 0 Å². The first-order chi connectivity index (χ1) is 7.87. The van der Waals surface area contributed by atoms with Crippen LogP contribution < -0.4 is 9.16 Å². The summed E-state index contributed by atoms with van der Waals surface area (Å²) in [5.41, 5.74) is 0.451. The highest BCUT2D eigenvalue weighted by atomic mass is 28.4. The Kier molecular flexibility index (Phi) is 4.17. The van der Waals surface area contributed by atoms with Crippen LogP contribution in [0.3, 0.4) is 0 Å². The molecule has 17 heavy (non-hydrogen) atoms. The first-order valence-corrected chi connectivity index (χ1v) is 8.73. The zero-order valence-corrected chi connectivity index (χ0v) is 11.9. The molecule has 0 saturated carbocycles. The maximum atomic E-state index is 11.4. The van der Waals surface area contributed by atoms with Crippen LogP contribution in [0, 0.1) is 0 Å². The molecule has 0 radical (unpaired) electrons. The zero-order valence-electron chi connectivity index (χ0n) is 10.9. The molecule has 0 spiro atoms. The summed E-state index contributed by atoms with van der Waals surface area (Å²) < 4.78 is 15.7. The maximum Gasteiger partial charge on any atom is 0.337 e.